The van der Waals surface area contributed by atoms with Gasteiger partial charge in [0.2, 0.25) is 5.91 Å². The fourth-order valence-electron chi connectivity index (χ4n) is 0.767. The number of aromatic nitrogens is 1. The lowest BCUT2D eigenvalue weighted by atomic mass is 10.2. The van der Waals surface area contributed by atoms with Gasteiger partial charge in [-0.2, -0.15) is 0 Å². The predicted octanol–water partition coefficient (Wildman–Crippen LogP) is -0.273. The Morgan fingerprint density at radius 2 is 2.36 bits per heavy atom. The number of rotatable bonds is 2. The van der Waals surface area contributed by atoms with Crippen molar-refractivity contribution >= 4 is 5.91 Å². The molecule has 0 atom stereocenters. The van der Waals surface area contributed by atoms with Crippen LogP contribution < -0.4 is 11.2 Å². The van der Waals surface area contributed by atoms with Gasteiger partial charge in [-0.3, -0.25) is 15.3 Å². The van der Waals surface area contributed by atoms with Crippen molar-refractivity contribution in [1.82, 2.24) is 10.7 Å². The average molecular weight is 151 g/mol. The molecule has 0 saturated carbocycles. The molecule has 0 aliphatic rings. The highest BCUT2D eigenvalue weighted by Gasteiger charge is 1.98. The van der Waals surface area contributed by atoms with Gasteiger partial charge in [-0.05, 0) is 0 Å². The summed E-state index contributed by atoms with van der Waals surface area (Å²) in [4.78, 5) is 23.6. The van der Waals surface area contributed by atoms with Gasteiger partial charge >= 0.3 is 0 Å². The molecule has 1 aromatic heterocycles. The minimum Gasteiger partial charge on any atom is -0.364 e. The first-order valence-electron chi connectivity index (χ1n) is 3.10. The van der Waals surface area contributed by atoms with E-state index in [1.165, 1.54) is 18.3 Å². The first kappa shape index (κ1) is 7.53. The summed E-state index contributed by atoms with van der Waals surface area (Å²) in [5.74, 6) is -0.702. The van der Waals surface area contributed by atoms with E-state index in [0.29, 0.717) is 5.69 Å². The predicted molar refractivity (Wildman–Crippen MR) is 38.9 cm³/mol. The molecule has 0 spiro atoms. The van der Waals surface area contributed by atoms with Crippen LogP contribution in [-0.4, -0.2) is 10.9 Å². The fraction of sp³-hybridized carbons (Fsp3) is 0.143. The summed E-state index contributed by atoms with van der Waals surface area (Å²) in [5.41, 5.74) is 6.96. The molecule has 0 fully saturated rings. The molecule has 11 heavy (non-hydrogen) atoms. The number of nitrogens with one attached hydrogen (secondary N) is 2. The molecule has 0 aromatic carbocycles. The Balaban J connectivity index is 2.88. The molecule has 2 N–H and O–H groups in total. The summed E-state index contributed by atoms with van der Waals surface area (Å²) < 4.78 is 0. The van der Waals surface area contributed by atoms with Crippen LogP contribution in [0.1, 0.15) is 5.69 Å². The van der Waals surface area contributed by atoms with Crippen molar-refractivity contribution < 1.29 is 4.79 Å². The Bertz CT molecular complexity index is 316. The second kappa shape index (κ2) is 3.01. The molecule has 4 heteroatoms. The molecular weight excluding hydrogens is 144 g/mol. The average Bonchev–Trinajstić information content (AvgIpc) is 1.85. The van der Waals surface area contributed by atoms with Crippen LogP contribution in [0.4, 0.5) is 0 Å². The molecule has 57 valence electrons. The fourth-order valence-corrected chi connectivity index (χ4v) is 0.767. The molecule has 0 bridgehead atoms. The Labute approximate surface area is 63.0 Å². The van der Waals surface area contributed by atoms with Crippen LogP contribution >= 0.6 is 0 Å². The van der Waals surface area contributed by atoms with E-state index in [4.69, 9.17) is 5.73 Å². The zero-order valence-electron chi connectivity index (χ0n) is 5.76. The first-order valence-corrected chi connectivity index (χ1v) is 3.10. The SMILES string of the molecule is [NH]C(=O)Cc1cc(=O)cc[nH]1. The van der Waals surface area contributed by atoms with E-state index in [1.54, 1.807) is 0 Å². The number of hydrogen-bond donors (Lipinski definition) is 1. The zero-order chi connectivity index (χ0) is 8.27. The van der Waals surface area contributed by atoms with Crippen LogP contribution in [0, 0.1) is 0 Å². The monoisotopic (exact) mass is 151 g/mol. The molecule has 0 aliphatic carbocycles. The van der Waals surface area contributed by atoms with Gasteiger partial charge in [-0.15, -0.1) is 0 Å². The standard InChI is InChI=1S/C7H7N2O2/c8-7(11)4-5-3-6(10)1-2-9-5/h1-3,8H,4H2,(H,9,10). The lowest BCUT2D eigenvalue weighted by Crippen LogP contribution is -2.07. The van der Waals surface area contributed by atoms with Gasteiger partial charge in [0.05, 0.1) is 6.42 Å². The normalized spacial score (nSPS) is 9.45. The van der Waals surface area contributed by atoms with Crippen molar-refractivity contribution in [3.8, 4) is 0 Å². The smallest absolute Gasteiger partial charge is 0.244 e. The van der Waals surface area contributed by atoms with Gasteiger partial charge in [-0.1, -0.05) is 0 Å². The summed E-state index contributed by atoms with van der Waals surface area (Å²) in [6.45, 7) is 0. The van der Waals surface area contributed by atoms with Crippen LogP contribution in [0.25, 0.3) is 0 Å². The molecule has 1 radical (unpaired) electrons. The van der Waals surface area contributed by atoms with E-state index < -0.39 is 5.91 Å². The molecule has 0 saturated heterocycles. The van der Waals surface area contributed by atoms with Crippen molar-refractivity contribution in [2.75, 3.05) is 0 Å². The van der Waals surface area contributed by atoms with Crippen LogP contribution in [0.3, 0.4) is 0 Å². The molecule has 1 rings (SSSR count). The Morgan fingerprint density at radius 1 is 1.64 bits per heavy atom. The molecule has 1 heterocycles. The molecule has 0 aliphatic heterocycles. The summed E-state index contributed by atoms with van der Waals surface area (Å²) in [6, 6.07) is 2.67. The third-order valence-electron chi connectivity index (χ3n) is 1.18. The van der Waals surface area contributed by atoms with Crippen molar-refractivity contribution in [3.63, 3.8) is 0 Å². The number of H-pyrrole nitrogens is 1. The highest BCUT2D eigenvalue weighted by molar-refractivity contribution is 5.75. The maximum absolute atomic E-state index is 10.7. The van der Waals surface area contributed by atoms with Gasteiger partial charge in [0.25, 0.3) is 0 Å². The number of carbonyl (C=O) groups excluding carboxylic acids is 1. The molecular formula is C7H7N2O2. The highest BCUT2D eigenvalue weighted by Crippen LogP contribution is 1.88. The van der Waals surface area contributed by atoms with Crippen molar-refractivity contribution in [3.05, 3.63) is 34.2 Å². The number of carbonyl (C=O) groups is 1. The largest absolute Gasteiger partial charge is 0.364 e. The minimum atomic E-state index is -0.702. The molecule has 4 nitrogen and oxygen atoms in total. The van der Waals surface area contributed by atoms with E-state index in [1.807, 2.05) is 0 Å². The number of pyridine rings is 1. The van der Waals surface area contributed by atoms with Crippen molar-refractivity contribution in [2.45, 2.75) is 6.42 Å². The second-order valence-corrected chi connectivity index (χ2v) is 2.15. The summed E-state index contributed by atoms with van der Waals surface area (Å²) in [6.07, 6.45) is 1.43. The maximum atomic E-state index is 10.7. The lowest BCUT2D eigenvalue weighted by Gasteiger charge is -1.93. The van der Waals surface area contributed by atoms with Gasteiger partial charge in [0.15, 0.2) is 5.43 Å². The number of amides is 1. The van der Waals surface area contributed by atoms with Crippen LogP contribution in [0.5, 0.6) is 0 Å². The topological polar surface area (TPSA) is 73.7 Å². The summed E-state index contributed by atoms with van der Waals surface area (Å²) in [5, 5.41) is 0. The maximum Gasteiger partial charge on any atom is 0.244 e. The third kappa shape index (κ3) is 2.25. The van der Waals surface area contributed by atoms with E-state index in [2.05, 4.69) is 4.98 Å². The van der Waals surface area contributed by atoms with Gasteiger partial charge in [0, 0.05) is 24.0 Å². The van der Waals surface area contributed by atoms with Crippen molar-refractivity contribution in [2.24, 2.45) is 0 Å². The quantitative estimate of drug-likeness (QED) is 0.631. The second-order valence-electron chi connectivity index (χ2n) is 2.15. The first-order chi connectivity index (χ1) is 5.18. The number of aromatic amines is 1. The molecule has 1 amide bonds. The van der Waals surface area contributed by atoms with Gasteiger partial charge in [-0.25, -0.2) is 0 Å². The lowest BCUT2D eigenvalue weighted by molar-refractivity contribution is -0.118. The molecule has 0 unspecified atom stereocenters. The van der Waals surface area contributed by atoms with Crippen molar-refractivity contribution in [1.29, 1.82) is 0 Å². The molecule has 1 aromatic rings. The highest BCUT2D eigenvalue weighted by atomic mass is 16.1. The van der Waals surface area contributed by atoms with Crippen LogP contribution in [0.15, 0.2) is 23.1 Å². The van der Waals surface area contributed by atoms with E-state index >= 15 is 0 Å². The van der Waals surface area contributed by atoms with Crippen LogP contribution in [0.2, 0.25) is 0 Å². The van der Waals surface area contributed by atoms with Gasteiger partial charge in [0.1, 0.15) is 0 Å². The van der Waals surface area contributed by atoms with Gasteiger partial charge < -0.3 is 4.98 Å². The Kier molecular flexibility index (Phi) is 2.06. The Hall–Kier alpha value is -1.58. The Morgan fingerprint density at radius 3 is 2.91 bits per heavy atom. The van der Waals surface area contributed by atoms with Crippen LogP contribution in [-0.2, 0) is 11.2 Å². The van der Waals surface area contributed by atoms with E-state index in [0.717, 1.165) is 0 Å². The minimum absolute atomic E-state index is 0.0317. The summed E-state index contributed by atoms with van der Waals surface area (Å²) >= 11 is 0. The zero-order valence-corrected chi connectivity index (χ0v) is 5.76. The summed E-state index contributed by atoms with van der Waals surface area (Å²) in [7, 11) is 0. The number of hydrogen-bond acceptors (Lipinski definition) is 2. The van der Waals surface area contributed by atoms with E-state index in [-0.39, 0.29) is 11.8 Å². The van der Waals surface area contributed by atoms with E-state index in [9.17, 15) is 9.59 Å². The third-order valence-corrected chi connectivity index (χ3v) is 1.18.